The van der Waals surface area contributed by atoms with Crippen LogP contribution in [-0.4, -0.2) is 37.1 Å². The summed E-state index contributed by atoms with van der Waals surface area (Å²) in [6, 6.07) is 12.8. The van der Waals surface area contributed by atoms with Crippen molar-refractivity contribution in [1.82, 2.24) is 30.8 Å². The number of nitrogens with one attached hydrogen (secondary N) is 2. The maximum atomic E-state index is 11.9. The topological polar surface area (TPSA) is 115 Å². The number of aromatic nitrogens is 4. The molecular weight excluding hydrogens is 388 g/mol. The zero-order chi connectivity index (χ0) is 18.8. The normalized spacial score (nSPS) is 14.1. The molecule has 0 bridgehead atoms. The fourth-order valence-electron chi connectivity index (χ4n) is 2.28. The third kappa shape index (κ3) is 3.64. The highest BCUT2D eigenvalue weighted by Gasteiger charge is 2.26. The van der Waals surface area contributed by atoms with Gasteiger partial charge in [-0.25, -0.2) is 0 Å². The van der Waals surface area contributed by atoms with Crippen molar-refractivity contribution in [2.45, 2.75) is 10.2 Å². The Kier molecular flexibility index (Phi) is 4.52. The summed E-state index contributed by atoms with van der Waals surface area (Å²) in [5.41, 5.74) is 0.717. The Morgan fingerprint density at radius 1 is 1.07 bits per heavy atom. The number of thiocarbonyl (C=S) groups is 1. The number of hydrogen-bond donors (Lipinski definition) is 2. The van der Waals surface area contributed by atoms with Crippen molar-refractivity contribution in [1.29, 1.82) is 0 Å². The summed E-state index contributed by atoms with van der Waals surface area (Å²) in [6.07, 6.45) is 1.34. The van der Waals surface area contributed by atoms with Crippen molar-refractivity contribution in [3.63, 3.8) is 0 Å². The third-order valence-electron chi connectivity index (χ3n) is 3.47. The molecule has 27 heavy (non-hydrogen) atoms. The molecule has 134 valence electrons. The van der Waals surface area contributed by atoms with Gasteiger partial charge in [0.25, 0.3) is 11.8 Å². The van der Waals surface area contributed by atoms with Crippen LogP contribution in [0.4, 0.5) is 0 Å². The van der Waals surface area contributed by atoms with Crippen molar-refractivity contribution >= 4 is 47.0 Å². The van der Waals surface area contributed by atoms with Gasteiger partial charge in [0.2, 0.25) is 5.16 Å². The predicted molar refractivity (Wildman–Crippen MR) is 98.8 cm³/mol. The van der Waals surface area contributed by atoms with Crippen molar-refractivity contribution in [2.75, 3.05) is 0 Å². The van der Waals surface area contributed by atoms with E-state index in [-0.39, 0.29) is 10.7 Å². The number of furan rings is 1. The number of hydrogen-bond acceptors (Lipinski definition) is 8. The molecule has 4 rings (SSSR count). The summed E-state index contributed by atoms with van der Waals surface area (Å²) in [7, 11) is 0. The minimum Gasteiger partial charge on any atom is -0.450 e. The van der Waals surface area contributed by atoms with Crippen molar-refractivity contribution < 1.29 is 14.0 Å². The quantitative estimate of drug-likeness (QED) is 0.384. The molecule has 0 spiro atoms. The average molecular weight is 398 g/mol. The summed E-state index contributed by atoms with van der Waals surface area (Å²) in [5, 5.41) is 17.4. The van der Waals surface area contributed by atoms with Gasteiger partial charge in [-0.3, -0.25) is 20.2 Å². The first-order valence-corrected chi connectivity index (χ1v) is 8.82. The molecule has 0 atom stereocenters. The minimum atomic E-state index is -0.581. The van der Waals surface area contributed by atoms with Gasteiger partial charge in [-0.1, -0.05) is 18.2 Å². The maximum Gasteiger partial charge on any atom is 0.263 e. The average Bonchev–Trinajstić information content (AvgIpc) is 3.29. The summed E-state index contributed by atoms with van der Waals surface area (Å²) in [4.78, 5) is 23.8. The van der Waals surface area contributed by atoms with Crippen LogP contribution < -0.4 is 10.6 Å². The minimum absolute atomic E-state index is 0.0226. The van der Waals surface area contributed by atoms with Gasteiger partial charge in [-0.05, 0) is 64.7 Å². The highest BCUT2D eigenvalue weighted by molar-refractivity contribution is 7.99. The van der Waals surface area contributed by atoms with Crippen molar-refractivity contribution in [2.24, 2.45) is 0 Å². The third-order valence-corrected chi connectivity index (χ3v) is 4.53. The van der Waals surface area contributed by atoms with Gasteiger partial charge < -0.3 is 4.42 Å². The van der Waals surface area contributed by atoms with E-state index in [1.54, 1.807) is 16.8 Å². The molecule has 1 fully saturated rings. The first-order chi connectivity index (χ1) is 13.1. The number of benzene rings is 1. The van der Waals surface area contributed by atoms with Gasteiger partial charge in [0, 0.05) is 0 Å². The summed E-state index contributed by atoms with van der Waals surface area (Å²) < 4.78 is 7.24. The molecule has 1 aromatic carbocycles. The largest absolute Gasteiger partial charge is 0.450 e. The summed E-state index contributed by atoms with van der Waals surface area (Å²) >= 11 is 5.97. The second kappa shape index (κ2) is 7.13. The second-order valence-corrected chi connectivity index (χ2v) is 6.64. The molecular formula is C16H10N6O3S2. The van der Waals surface area contributed by atoms with Crippen LogP contribution >= 0.6 is 24.0 Å². The summed E-state index contributed by atoms with van der Waals surface area (Å²) in [6.45, 7) is 0. The van der Waals surface area contributed by atoms with Crippen molar-refractivity contribution in [3.8, 4) is 5.69 Å². The lowest BCUT2D eigenvalue weighted by Gasteiger charge is -2.15. The lowest BCUT2D eigenvalue weighted by Crippen LogP contribution is -2.51. The maximum absolute atomic E-state index is 11.9. The SMILES string of the molecule is O=C1NC(=S)NC(=O)C1=Cc1ccc(Sc2nnnn2-c2ccccc2)o1. The van der Waals surface area contributed by atoms with Gasteiger partial charge in [-0.2, -0.15) is 4.68 Å². The van der Waals surface area contributed by atoms with E-state index in [2.05, 4.69) is 26.2 Å². The van der Waals surface area contributed by atoms with Gasteiger partial charge in [0.05, 0.1) is 5.69 Å². The Morgan fingerprint density at radius 3 is 2.56 bits per heavy atom. The Labute approximate surface area is 161 Å². The molecule has 1 aliphatic heterocycles. The predicted octanol–water partition coefficient (Wildman–Crippen LogP) is 1.32. The highest BCUT2D eigenvalue weighted by atomic mass is 32.2. The zero-order valence-electron chi connectivity index (χ0n) is 13.4. The molecule has 0 unspecified atom stereocenters. The first-order valence-electron chi connectivity index (χ1n) is 7.60. The van der Waals surface area contributed by atoms with Crippen LogP contribution in [0.25, 0.3) is 11.8 Å². The van der Waals surface area contributed by atoms with E-state index in [0.29, 0.717) is 16.0 Å². The van der Waals surface area contributed by atoms with Gasteiger partial charge >= 0.3 is 0 Å². The highest BCUT2D eigenvalue weighted by Crippen LogP contribution is 2.29. The molecule has 1 saturated heterocycles. The number of carbonyl (C=O) groups is 2. The van der Waals surface area contributed by atoms with Gasteiger partial charge in [-0.15, -0.1) is 5.10 Å². The van der Waals surface area contributed by atoms with E-state index in [4.69, 9.17) is 16.6 Å². The van der Waals surface area contributed by atoms with Crippen LogP contribution in [0, 0.1) is 0 Å². The number of nitrogens with zero attached hydrogens (tertiary/aromatic N) is 4. The van der Waals surface area contributed by atoms with E-state index in [1.165, 1.54) is 17.8 Å². The Balaban J connectivity index is 1.56. The fraction of sp³-hybridized carbons (Fsp3) is 0. The van der Waals surface area contributed by atoms with Crippen LogP contribution in [0.5, 0.6) is 0 Å². The van der Waals surface area contributed by atoms with Gasteiger partial charge in [0.15, 0.2) is 10.2 Å². The van der Waals surface area contributed by atoms with Crippen LogP contribution in [0.15, 0.2) is 62.7 Å². The molecule has 1 aliphatic rings. The lowest BCUT2D eigenvalue weighted by molar-refractivity contribution is -0.123. The van der Waals surface area contributed by atoms with E-state index in [1.807, 2.05) is 30.3 Å². The van der Waals surface area contributed by atoms with Crippen LogP contribution in [0.2, 0.25) is 0 Å². The number of para-hydroxylation sites is 1. The Bertz CT molecular complexity index is 1050. The van der Waals surface area contributed by atoms with E-state index >= 15 is 0 Å². The molecule has 2 amide bonds. The molecule has 0 saturated carbocycles. The first kappa shape index (κ1) is 17.1. The number of tetrazole rings is 1. The molecule has 11 heteroatoms. The van der Waals surface area contributed by atoms with Crippen LogP contribution in [-0.2, 0) is 9.59 Å². The Hall–Kier alpha value is -3.31. The molecule has 0 radical (unpaired) electrons. The number of rotatable bonds is 4. The molecule has 3 aromatic rings. The zero-order valence-corrected chi connectivity index (χ0v) is 15.1. The molecule has 2 N–H and O–H groups in total. The molecule has 9 nitrogen and oxygen atoms in total. The van der Waals surface area contributed by atoms with Crippen LogP contribution in [0.3, 0.4) is 0 Å². The summed E-state index contributed by atoms with van der Waals surface area (Å²) in [5.74, 6) is -0.825. The molecule has 3 heterocycles. The lowest BCUT2D eigenvalue weighted by atomic mass is 10.1. The smallest absolute Gasteiger partial charge is 0.263 e. The number of carbonyl (C=O) groups excluding carboxylic acids is 2. The monoisotopic (exact) mass is 398 g/mol. The van der Waals surface area contributed by atoms with Crippen LogP contribution in [0.1, 0.15) is 5.76 Å². The molecule has 2 aromatic heterocycles. The van der Waals surface area contributed by atoms with E-state index < -0.39 is 11.8 Å². The molecule has 0 aliphatic carbocycles. The standard InChI is InChI=1S/C16H10N6O3S2/c23-13-11(14(24)18-15(26)17-13)8-10-6-7-12(25-10)27-16-19-20-21-22(16)9-4-2-1-3-5-9/h1-8H,(H2,17,18,23,24,26). The number of amides is 2. The fourth-order valence-corrected chi connectivity index (χ4v) is 3.22. The van der Waals surface area contributed by atoms with E-state index in [0.717, 1.165) is 5.69 Å². The van der Waals surface area contributed by atoms with Crippen molar-refractivity contribution in [3.05, 3.63) is 53.8 Å². The van der Waals surface area contributed by atoms with Gasteiger partial charge in [0.1, 0.15) is 11.3 Å². The second-order valence-electron chi connectivity index (χ2n) is 5.26. The van der Waals surface area contributed by atoms with E-state index in [9.17, 15) is 9.59 Å². The Morgan fingerprint density at radius 2 is 1.81 bits per heavy atom.